The molecule has 0 aliphatic carbocycles. The zero-order valence-electron chi connectivity index (χ0n) is 10.0. The molecule has 1 aromatic carbocycles. The zero-order valence-corrected chi connectivity index (χ0v) is 10.8. The van der Waals surface area contributed by atoms with Gasteiger partial charge in [-0.05, 0) is 31.4 Å². The van der Waals surface area contributed by atoms with Crippen LogP contribution in [0.3, 0.4) is 0 Å². The van der Waals surface area contributed by atoms with Crippen molar-refractivity contribution in [1.82, 2.24) is 0 Å². The molecule has 1 aliphatic rings. The average molecular weight is 270 g/mol. The van der Waals surface area contributed by atoms with Crippen molar-refractivity contribution < 1.29 is 4.92 Å². The van der Waals surface area contributed by atoms with Gasteiger partial charge < -0.3 is 10.6 Å². The van der Waals surface area contributed by atoms with Gasteiger partial charge in [-0.25, -0.2) is 0 Å². The lowest BCUT2D eigenvalue weighted by Gasteiger charge is -2.34. The van der Waals surface area contributed by atoms with E-state index in [1.807, 2.05) is 0 Å². The molecule has 0 spiro atoms. The molecule has 2 rings (SSSR count). The standard InChI is InChI=1S/C12H16ClN3O2/c13-11-6-10(16(17)18)3-4-12(11)15-5-1-2-9(7-14)8-15/h3-4,6,9H,1-2,5,7-8,14H2. The van der Waals surface area contributed by atoms with E-state index in [0.717, 1.165) is 31.6 Å². The van der Waals surface area contributed by atoms with Crippen molar-refractivity contribution in [3.05, 3.63) is 33.3 Å². The topological polar surface area (TPSA) is 72.4 Å². The number of nitro benzene ring substituents is 1. The van der Waals surface area contributed by atoms with E-state index >= 15 is 0 Å². The van der Waals surface area contributed by atoms with Gasteiger partial charge in [0.25, 0.3) is 5.69 Å². The lowest BCUT2D eigenvalue weighted by atomic mass is 9.98. The summed E-state index contributed by atoms with van der Waals surface area (Å²) in [6.45, 7) is 2.46. The van der Waals surface area contributed by atoms with Gasteiger partial charge in [0.15, 0.2) is 0 Å². The van der Waals surface area contributed by atoms with Crippen LogP contribution in [0.2, 0.25) is 5.02 Å². The smallest absolute Gasteiger partial charge is 0.271 e. The molecule has 1 unspecified atom stereocenters. The Morgan fingerprint density at radius 2 is 2.33 bits per heavy atom. The van der Waals surface area contributed by atoms with E-state index in [1.165, 1.54) is 12.1 Å². The van der Waals surface area contributed by atoms with E-state index in [-0.39, 0.29) is 5.69 Å². The summed E-state index contributed by atoms with van der Waals surface area (Å²) >= 11 is 6.12. The maximum Gasteiger partial charge on any atom is 0.271 e. The van der Waals surface area contributed by atoms with Crippen LogP contribution < -0.4 is 10.6 Å². The number of halogens is 1. The van der Waals surface area contributed by atoms with Crippen LogP contribution in [0.1, 0.15) is 12.8 Å². The van der Waals surface area contributed by atoms with Gasteiger partial charge in [-0.3, -0.25) is 10.1 Å². The maximum atomic E-state index is 10.7. The number of piperidine rings is 1. The van der Waals surface area contributed by atoms with Crippen molar-refractivity contribution in [1.29, 1.82) is 0 Å². The minimum Gasteiger partial charge on any atom is -0.370 e. The number of rotatable bonds is 3. The van der Waals surface area contributed by atoms with Gasteiger partial charge in [-0.1, -0.05) is 11.6 Å². The number of hydrogen-bond acceptors (Lipinski definition) is 4. The van der Waals surface area contributed by atoms with Gasteiger partial charge in [0.1, 0.15) is 0 Å². The Balaban J connectivity index is 2.20. The molecule has 18 heavy (non-hydrogen) atoms. The first-order chi connectivity index (χ1) is 8.61. The fourth-order valence-corrected chi connectivity index (χ4v) is 2.64. The Bertz CT molecular complexity index is 453. The highest BCUT2D eigenvalue weighted by atomic mass is 35.5. The molecular formula is C12H16ClN3O2. The second-order valence-electron chi connectivity index (χ2n) is 4.58. The Labute approximate surface area is 111 Å². The van der Waals surface area contributed by atoms with Crippen molar-refractivity contribution in [2.75, 3.05) is 24.5 Å². The summed E-state index contributed by atoms with van der Waals surface area (Å²) in [5.74, 6) is 0.477. The number of nitrogens with zero attached hydrogens (tertiary/aromatic N) is 2. The van der Waals surface area contributed by atoms with Crippen LogP contribution in [0, 0.1) is 16.0 Å². The minimum atomic E-state index is -0.436. The predicted octanol–water partition coefficient (Wildman–Crippen LogP) is 2.42. The summed E-state index contributed by atoms with van der Waals surface area (Å²) in [5, 5.41) is 11.1. The van der Waals surface area contributed by atoms with Gasteiger partial charge >= 0.3 is 0 Å². The van der Waals surface area contributed by atoms with Crippen LogP contribution in [0.25, 0.3) is 0 Å². The van der Waals surface area contributed by atoms with Gasteiger partial charge in [0, 0.05) is 25.2 Å². The Morgan fingerprint density at radius 3 is 2.94 bits per heavy atom. The number of hydrogen-bond donors (Lipinski definition) is 1. The number of nitrogens with two attached hydrogens (primary N) is 1. The summed E-state index contributed by atoms with van der Waals surface area (Å²) in [6.07, 6.45) is 2.22. The predicted molar refractivity (Wildman–Crippen MR) is 72.1 cm³/mol. The number of non-ortho nitro benzene ring substituents is 1. The van der Waals surface area contributed by atoms with Crippen LogP contribution in [-0.2, 0) is 0 Å². The summed E-state index contributed by atoms with van der Waals surface area (Å²) in [5.41, 5.74) is 6.58. The Kier molecular flexibility index (Phi) is 4.04. The number of anilines is 1. The first kappa shape index (κ1) is 13.1. The van der Waals surface area contributed by atoms with Crippen molar-refractivity contribution in [3.8, 4) is 0 Å². The van der Waals surface area contributed by atoms with Crippen LogP contribution in [-0.4, -0.2) is 24.6 Å². The third kappa shape index (κ3) is 2.73. The van der Waals surface area contributed by atoms with Crippen LogP contribution in [0.15, 0.2) is 18.2 Å². The molecule has 1 aromatic rings. The summed E-state index contributed by atoms with van der Waals surface area (Å²) in [6, 6.07) is 4.62. The summed E-state index contributed by atoms with van der Waals surface area (Å²) in [7, 11) is 0. The maximum absolute atomic E-state index is 10.7. The largest absolute Gasteiger partial charge is 0.370 e. The molecule has 6 heteroatoms. The molecule has 0 amide bonds. The molecule has 0 aromatic heterocycles. The highest BCUT2D eigenvalue weighted by molar-refractivity contribution is 6.33. The first-order valence-corrected chi connectivity index (χ1v) is 6.38. The molecule has 1 aliphatic heterocycles. The van der Waals surface area contributed by atoms with E-state index in [0.29, 0.717) is 17.5 Å². The molecule has 1 atom stereocenters. The quantitative estimate of drug-likeness (QED) is 0.676. The Morgan fingerprint density at radius 1 is 1.56 bits per heavy atom. The highest BCUT2D eigenvalue weighted by Crippen LogP contribution is 2.32. The van der Waals surface area contributed by atoms with Gasteiger partial charge in [0.05, 0.1) is 15.6 Å². The van der Waals surface area contributed by atoms with E-state index in [9.17, 15) is 10.1 Å². The van der Waals surface area contributed by atoms with E-state index in [4.69, 9.17) is 17.3 Å². The lowest BCUT2D eigenvalue weighted by molar-refractivity contribution is -0.384. The molecule has 1 fully saturated rings. The minimum absolute atomic E-state index is 0.0242. The summed E-state index contributed by atoms with van der Waals surface area (Å²) < 4.78 is 0. The average Bonchev–Trinajstić information content (AvgIpc) is 2.38. The second kappa shape index (κ2) is 5.54. The number of nitro groups is 1. The molecule has 1 saturated heterocycles. The van der Waals surface area contributed by atoms with Crippen molar-refractivity contribution in [2.45, 2.75) is 12.8 Å². The normalized spacial score (nSPS) is 19.9. The van der Waals surface area contributed by atoms with Crippen molar-refractivity contribution in [2.24, 2.45) is 11.7 Å². The third-order valence-corrected chi connectivity index (χ3v) is 3.64. The highest BCUT2D eigenvalue weighted by Gasteiger charge is 2.21. The monoisotopic (exact) mass is 269 g/mol. The van der Waals surface area contributed by atoms with Crippen LogP contribution >= 0.6 is 11.6 Å². The zero-order chi connectivity index (χ0) is 13.1. The SMILES string of the molecule is NCC1CCCN(c2ccc([N+](=O)[O-])cc2Cl)C1. The fraction of sp³-hybridized carbons (Fsp3) is 0.500. The second-order valence-corrected chi connectivity index (χ2v) is 4.99. The van der Waals surface area contributed by atoms with E-state index in [1.54, 1.807) is 6.07 Å². The van der Waals surface area contributed by atoms with Crippen LogP contribution in [0.5, 0.6) is 0 Å². The number of benzene rings is 1. The van der Waals surface area contributed by atoms with Gasteiger partial charge in [-0.2, -0.15) is 0 Å². The van der Waals surface area contributed by atoms with E-state index < -0.39 is 4.92 Å². The summed E-state index contributed by atoms with van der Waals surface area (Å²) in [4.78, 5) is 12.4. The molecule has 98 valence electrons. The van der Waals surface area contributed by atoms with E-state index in [2.05, 4.69) is 4.90 Å². The van der Waals surface area contributed by atoms with Gasteiger partial charge in [-0.15, -0.1) is 0 Å². The fourth-order valence-electron chi connectivity index (χ4n) is 2.34. The molecule has 5 nitrogen and oxygen atoms in total. The Hall–Kier alpha value is -1.33. The van der Waals surface area contributed by atoms with Crippen molar-refractivity contribution in [3.63, 3.8) is 0 Å². The molecule has 2 N–H and O–H groups in total. The third-order valence-electron chi connectivity index (χ3n) is 3.34. The first-order valence-electron chi connectivity index (χ1n) is 6.00. The lowest BCUT2D eigenvalue weighted by Crippen LogP contribution is -2.38. The molecular weight excluding hydrogens is 254 g/mol. The molecule has 1 heterocycles. The molecule has 0 radical (unpaired) electrons. The molecule has 0 bridgehead atoms. The van der Waals surface area contributed by atoms with Gasteiger partial charge in [0.2, 0.25) is 0 Å². The van der Waals surface area contributed by atoms with Crippen molar-refractivity contribution >= 4 is 23.0 Å². The molecule has 0 saturated carbocycles. The van der Waals surface area contributed by atoms with Crippen LogP contribution in [0.4, 0.5) is 11.4 Å².